The van der Waals surface area contributed by atoms with Gasteiger partial charge in [-0.2, -0.15) is 0 Å². The van der Waals surface area contributed by atoms with Crippen molar-refractivity contribution in [1.82, 2.24) is 10.6 Å². The minimum atomic E-state index is -1.08. The highest BCUT2D eigenvalue weighted by Gasteiger charge is 2.33. The number of fused-ring (bicyclic) bond motifs is 3. The predicted molar refractivity (Wildman–Crippen MR) is 130 cm³/mol. The monoisotopic (exact) mass is 478 g/mol. The molecule has 0 radical (unpaired) electrons. The lowest BCUT2D eigenvalue weighted by Gasteiger charge is -2.16. The Balaban J connectivity index is 1.23. The Morgan fingerprint density at radius 1 is 1.11 bits per heavy atom. The molecule has 3 unspecified atom stereocenters. The van der Waals surface area contributed by atoms with Crippen LogP contribution in [-0.4, -0.2) is 55.0 Å². The van der Waals surface area contributed by atoms with Crippen LogP contribution < -0.4 is 10.6 Å². The molecule has 2 aromatic carbocycles. The number of alkyl carbamates (subject to hydrolysis) is 1. The van der Waals surface area contributed by atoms with Crippen LogP contribution in [0.15, 0.2) is 61.2 Å². The first-order chi connectivity index (χ1) is 17.0. The van der Waals surface area contributed by atoms with E-state index in [0.717, 1.165) is 22.3 Å². The number of carbonyl (C=O) groups excluding carboxylic acids is 2. The lowest BCUT2D eigenvalue weighted by atomic mass is 9.98. The van der Waals surface area contributed by atoms with Crippen molar-refractivity contribution < 1.29 is 29.0 Å². The first-order valence-corrected chi connectivity index (χ1v) is 11.8. The van der Waals surface area contributed by atoms with Crippen molar-refractivity contribution in [3.05, 3.63) is 72.3 Å². The van der Waals surface area contributed by atoms with Crippen LogP contribution in [0.25, 0.3) is 11.1 Å². The molecular weight excluding hydrogens is 448 g/mol. The van der Waals surface area contributed by atoms with Crippen LogP contribution in [0.3, 0.4) is 0 Å². The maximum absolute atomic E-state index is 12.5. The number of aliphatic carboxylic acids is 1. The molecule has 1 aliphatic carbocycles. The number of benzene rings is 2. The van der Waals surface area contributed by atoms with E-state index in [0.29, 0.717) is 12.8 Å². The van der Waals surface area contributed by atoms with Crippen molar-refractivity contribution >= 4 is 18.0 Å². The number of nitrogens with one attached hydrogen (secondary N) is 2. The summed E-state index contributed by atoms with van der Waals surface area (Å²) in [5.41, 5.74) is 4.61. The minimum absolute atomic E-state index is 0.0211. The quantitative estimate of drug-likeness (QED) is 0.451. The van der Waals surface area contributed by atoms with Gasteiger partial charge in [-0.05, 0) is 41.5 Å². The van der Waals surface area contributed by atoms with E-state index in [-0.39, 0.29) is 44.1 Å². The van der Waals surface area contributed by atoms with Crippen LogP contribution in [0.4, 0.5) is 4.79 Å². The van der Waals surface area contributed by atoms with Crippen molar-refractivity contribution in [2.75, 3.05) is 19.8 Å². The van der Waals surface area contributed by atoms with E-state index in [1.54, 1.807) is 6.08 Å². The van der Waals surface area contributed by atoms with Crippen LogP contribution in [0.1, 0.15) is 36.3 Å². The van der Waals surface area contributed by atoms with Crippen molar-refractivity contribution in [3.8, 4) is 11.1 Å². The zero-order chi connectivity index (χ0) is 24.8. The number of allylic oxidation sites excluding steroid dienone is 1. The van der Waals surface area contributed by atoms with Gasteiger partial charge in [0, 0.05) is 12.5 Å². The van der Waals surface area contributed by atoms with Gasteiger partial charge in [-0.1, -0.05) is 54.6 Å². The topological polar surface area (TPSA) is 114 Å². The minimum Gasteiger partial charge on any atom is -0.480 e. The third kappa shape index (κ3) is 5.71. The second kappa shape index (κ2) is 11.2. The maximum atomic E-state index is 12.5. The van der Waals surface area contributed by atoms with E-state index in [9.17, 15) is 19.5 Å². The molecule has 1 aliphatic heterocycles. The summed E-state index contributed by atoms with van der Waals surface area (Å²) < 4.78 is 11.2. The van der Waals surface area contributed by atoms with Gasteiger partial charge in [-0.25, -0.2) is 9.59 Å². The molecule has 1 heterocycles. The number of rotatable bonds is 10. The van der Waals surface area contributed by atoms with Gasteiger partial charge < -0.3 is 25.2 Å². The number of carboxylic acid groups (broad SMARTS) is 1. The largest absolute Gasteiger partial charge is 0.480 e. The number of hydrogen-bond donors (Lipinski definition) is 3. The average molecular weight is 479 g/mol. The molecule has 1 saturated heterocycles. The highest BCUT2D eigenvalue weighted by molar-refractivity contribution is 5.85. The van der Waals surface area contributed by atoms with Gasteiger partial charge in [0.1, 0.15) is 12.6 Å². The third-order valence-electron chi connectivity index (χ3n) is 6.54. The molecule has 184 valence electrons. The first-order valence-electron chi connectivity index (χ1n) is 11.8. The number of amides is 2. The summed E-state index contributed by atoms with van der Waals surface area (Å²) in [5, 5.41) is 14.6. The molecule has 1 fully saturated rings. The van der Waals surface area contributed by atoms with E-state index >= 15 is 0 Å². The number of carboxylic acids is 1. The lowest BCUT2D eigenvalue weighted by molar-refractivity contribution is -0.142. The van der Waals surface area contributed by atoms with Crippen molar-refractivity contribution in [2.24, 2.45) is 5.92 Å². The molecular formula is C27H30N2O6. The summed E-state index contributed by atoms with van der Waals surface area (Å²) in [4.78, 5) is 36.2. The molecule has 0 spiro atoms. The fourth-order valence-electron chi connectivity index (χ4n) is 4.71. The lowest BCUT2D eigenvalue weighted by Crippen LogP contribution is -2.43. The van der Waals surface area contributed by atoms with Gasteiger partial charge in [0.2, 0.25) is 5.91 Å². The predicted octanol–water partition coefficient (Wildman–Crippen LogP) is 3.47. The Kier molecular flexibility index (Phi) is 7.82. The normalized spacial score (nSPS) is 19.3. The Bertz CT molecular complexity index is 1060. The molecule has 0 bridgehead atoms. The summed E-state index contributed by atoms with van der Waals surface area (Å²) in [6.45, 7) is 4.18. The van der Waals surface area contributed by atoms with Gasteiger partial charge in [-0.3, -0.25) is 4.79 Å². The van der Waals surface area contributed by atoms with Gasteiger partial charge in [0.15, 0.2) is 0 Å². The zero-order valence-electron chi connectivity index (χ0n) is 19.4. The van der Waals surface area contributed by atoms with Crippen LogP contribution in [0, 0.1) is 5.92 Å². The summed E-state index contributed by atoms with van der Waals surface area (Å²) in [6, 6.07) is 15.3. The first kappa shape index (κ1) is 24.5. The van der Waals surface area contributed by atoms with Gasteiger partial charge >= 0.3 is 12.1 Å². The standard InChI is InChI=1S/C27H30N2O6/c1-2-3-12-24(26(31)32)29-25(30)17-13-18(34-15-17)14-28-27(33)35-16-23-21-10-6-4-8-19(21)20-9-5-7-11-22(20)23/h2,4-11,17-18,23-24H,1,3,12-16H2,(H,28,33)(H,29,30)(H,31,32). The van der Waals surface area contributed by atoms with Crippen LogP contribution in [0.2, 0.25) is 0 Å². The van der Waals surface area contributed by atoms with Crippen LogP contribution in [-0.2, 0) is 19.1 Å². The molecule has 4 rings (SSSR count). The molecule has 3 atom stereocenters. The smallest absolute Gasteiger partial charge is 0.407 e. The average Bonchev–Trinajstić information content (AvgIpc) is 3.47. The fraction of sp³-hybridized carbons (Fsp3) is 0.370. The van der Waals surface area contributed by atoms with E-state index in [2.05, 4.69) is 41.5 Å². The number of ether oxygens (including phenoxy) is 2. The molecule has 8 nitrogen and oxygen atoms in total. The van der Waals surface area contributed by atoms with Gasteiger partial charge in [0.25, 0.3) is 0 Å². The Hall–Kier alpha value is -3.65. The van der Waals surface area contributed by atoms with E-state index in [1.807, 2.05) is 24.3 Å². The van der Waals surface area contributed by atoms with Crippen molar-refractivity contribution in [3.63, 3.8) is 0 Å². The Labute approximate surface area is 204 Å². The Morgan fingerprint density at radius 3 is 2.40 bits per heavy atom. The SMILES string of the molecule is C=CCCC(NC(=O)C1COC(CNC(=O)OCC2c3ccccc3-c3ccccc32)C1)C(=O)O. The van der Waals surface area contributed by atoms with Crippen molar-refractivity contribution in [1.29, 1.82) is 0 Å². The fourth-order valence-corrected chi connectivity index (χ4v) is 4.71. The highest BCUT2D eigenvalue weighted by Crippen LogP contribution is 2.44. The van der Waals surface area contributed by atoms with Crippen molar-refractivity contribution in [2.45, 2.75) is 37.3 Å². The molecule has 0 aromatic heterocycles. The van der Waals surface area contributed by atoms with Gasteiger partial charge in [-0.15, -0.1) is 6.58 Å². The molecule has 35 heavy (non-hydrogen) atoms. The molecule has 2 aromatic rings. The van der Waals surface area contributed by atoms with Gasteiger partial charge in [0.05, 0.1) is 18.6 Å². The van der Waals surface area contributed by atoms with Crippen LogP contribution in [0.5, 0.6) is 0 Å². The molecule has 8 heteroatoms. The number of carbonyl (C=O) groups is 3. The third-order valence-corrected chi connectivity index (χ3v) is 6.54. The molecule has 2 aliphatic rings. The van der Waals surface area contributed by atoms with E-state index < -0.39 is 24.0 Å². The summed E-state index contributed by atoms with van der Waals surface area (Å²) in [6.07, 6.45) is 1.90. The van der Waals surface area contributed by atoms with E-state index in [1.165, 1.54) is 0 Å². The summed E-state index contributed by atoms with van der Waals surface area (Å²) >= 11 is 0. The maximum Gasteiger partial charge on any atom is 0.407 e. The Morgan fingerprint density at radius 2 is 1.77 bits per heavy atom. The molecule has 2 amide bonds. The highest BCUT2D eigenvalue weighted by atomic mass is 16.5. The summed E-state index contributed by atoms with van der Waals surface area (Å²) in [5.74, 6) is -1.92. The second-order valence-corrected chi connectivity index (χ2v) is 8.86. The molecule has 3 N–H and O–H groups in total. The number of hydrogen-bond acceptors (Lipinski definition) is 5. The second-order valence-electron chi connectivity index (χ2n) is 8.86. The van der Waals surface area contributed by atoms with E-state index in [4.69, 9.17) is 9.47 Å². The zero-order valence-corrected chi connectivity index (χ0v) is 19.4. The summed E-state index contributed by atoms with van der Waals surface area (Å²) in [7, 11) is 0. The van der Waals surface area contributed by atoms with Crippen LogP contribution >= 0.6 is 0 Å². The molecule has 0 saturated carbocycles.